The summed E-state index contributed by atoms with van der Waals surface area (Å²) in [5.74, 6) is 0. The molecule has 1 aliphatic heterocycles. The molecule has 0 unspecified atom stereocenters. The van der Waals surface area contributed by atoms with Gasteiger partial charge in [-0.05, 0) is 38.5 Å². The van der Waals surface area contributed by atoms with Crippen molar-refractivity contribution in [1.29, 1.82) is 0 Å². The van der Waals surface area contributed by atoms with Crippen LogP contribution < -0.4 is 5.32 Å². The Hall–Kier alpha value is -0.730. The number of nitrogens with one attached hydrogen (secondary N) is 1. The summed E-state index contributed by atoms with van der Waals surface area (Å²) in [6.07, 6.45) is 3.36. The molecule has 0 radical (unpaired) electrons. The lowest BCUT2D eigenvalue weighted by Crippen LogP contribution is -2.51. The van der Waals surface area contributed by atoms with Gasteiger partial charge in [0.2, 0.25) is 0 Å². The molecule has 1 saturated heterocycles. The van der Waals surface area contributed by atoms with Crippen LogP contribution in [0.25, 0.3) is 0 Å². The molecule has 1 fully saturated rings. The van der Waals surface area contributed by atoms with Crippen LogP contribution in [0.15, 0.2) is 0 Å². The molecule has 88 valence electrons. The first kappa shape index (κ1) is 12.3. The molecule has 1 N–H and O–H groups in total. The van der Waals surface area contributed by atoms with Gasteiger partial charge in [0.25, 0.3) is 0 Å². The number of urea groups is 1. The Bertz CT molecular complexity index is 246. The topological polar surface area (TPSA) is 32.3 Å². The second-order valence-corrected chi connectivity index (χ2v) is 5.96. The predicted octanol–water partition coefficient (Wildman–Crippen LogP) is 2.62. The summed E-state index contributed by atoms with van der Waals surface area (Å²) in [6, 6.07) is 0.0534. The first-order valence-corrected chi connectivity index (χ1v) is 5.78. The van der Waals surface area contributed by atoms with Crippen molar-refractivity contribution >= 4 is 6.03 Å². The van der Waals surface area contributed by atoms with Crippen molar-refractivity contribution in [3.8, 4) is 0 Å². The van der Waals surface area contributed by atoms with E-state index in [-0.39, 0.29) is 11.6 Å². The van der Waals surface area contributed by atoms with Crippen molar-refractivity contribution in [2.45, 2.75) is 52.5 Å². The molecule has 3 heteroatoms. The van der Waals surface area contributed by atoms with Crippen LogP contribution in [-0.2, 0) is 0 Å². The van der Waals surface area contributed by atoms with Gasteiger partial charge >= 0.3 is 6.03 Å². The molecule has 0 atom stereocenters. The standard InChI is InChI=1S/C12H24N2O/c1-11(2)7-6-8-14(10(15)13-5)12(3,4)9-11/h6-9H2,1-5H3,(H,13,15). The van der Waals surface area contributed by atoms with E-state index in [1.54, 1.807) is 7.05 Å². The zero-order chi connectivity index (χ0) is 11.7. The SMILES string of the molecule is CNC(=O)N1CCCC(C)(C)CC1(C)C. The smallest absolute Gasteiger partial charge is 0.317 e. The molecule has 0 aromatic carbocycles. The third-order valence-electron chi connectivity index (χ3n) is 3.34. The Morgan fingerprint density at radius 1 is 1.27 bits per heavy atom. The van der Waals surface area contributed by atoms with Gasteiger partial charge in [0.05, 0.1) is 0 Å². The number of carbonyl (C=O) groups is 1. The van der Waals surface area contributed by atoms with E-state index in [9.17, 15) is 4.79 Å². The molecular formula is C12H24N2O. The highest BCUT2D eigenvalue weighted by atomic mass is 16.2. The third-order valence-corrected chi connectivity index (χ3v) is 3.34. The van der Waals surface area contributed by atoms with E-state index in [0.29, 0.717) is 5.41 Å². The van der Waals surface area contributed by atoms with Gasteiger partial charge in [0.15, 0.2) is 0 Å². The molecule has 0 aromatic heterocycles. The van der Waals surface area contributed by atoms with Crippen LogP contribution in [-0.4, -0.2) is 30.1 Å². The fourth-order valence-electron chi connectivity index (χ4n) is 2.88. The van der Waals surface area contributed by atoms with Crippen molar-refractivity contribution in [3.05, 3.63) is 0 Å². The number of amides is 2. The normalized spacial score (nSPS) is 24.5. The van der Waals surface area contributed by atoms with E-state index >= 15 is 0 Å². The summed E-state index contributed by atoms with van der Waals surface area (Å²) < 4.78 is 0. The highest BCUT2D eigenvalue weighted by molar-refractivity contribution is 5.74. The van der Waals surface area contributed by atoms with E-state index in [0.717, 1.165) is 19.4 Å². The first-order chi connectivity index (χ1) is 6.78. The minimum atomic E-state index is -0.0416. The average molecular weight is 212 g/mol. The number of likely N-dealkylation sites (tertiary alicyclic amines) is 1. The quantitative estimate of drug-likeness (QED) is 0.657. The number of carbonyl (C=O) groups excluding carboxylic acids is 1. The van der Waals surface area contributed by atoms with Gasteiger partial charge in [-0.25, -0.2) is 4.79 Å². The Morgan fingerprint density at radius 2 is 1.87 bits per heavy atom. The summed E-state index contributed by atoms with van der Waals surface area (Å²) >= 11 is 0. The van der Waals surface area contributed by atoms with Gasteiger partial charge < -0.3 is 10.2 Å². The van der Waals surface area contributed by atoms with E-state index in [1.165, 1.54) is 6.42 Å². The number of hydrogen-bond donors (Lipinski definition) is 1. The maximum Gasteiger partial charge on any atom is 0.317 e. The van der Waals surface area contributed by atoms with Gasteiger partial charge in [-0.15, -0.1) is 0 Å². The van der Waals surface area contributed by atoms with Crippen molar-refractivity contribution < 1.29 is 4.79 Å². The number of hydrogen-bond acceptors (Lipinski definition) is 1. The van der Waals surface area contributed by atoms with E-state index in [4.69, 9.17) is 0 Å². The number of nitrogens with zero attached hydrogens (tertiary/aromatic N) is 1. The molecule has 2 amide bonds. The fraction of sp³-hybridized carbons (Fsp3) is 0.917. The second-order valence-electron chi connectivity index (χ2n) is 5.96. The van der Waals surface area contributed by atoms with Crippen LogP contribution >= 0.6 is 0 Å². The number of rotatable bonds is 0. The summed E-state index contributed by atoms with van der Waals surface area (Å²) in [6.45, 7) is 9.78. The average Bonchev–Trinajstić information content (AvgIpc) is 2.18. The molecule has 0 saturated carbocycles. The maximum absolute atomic E-state index is 11.8. The predicted molar refractivity (Wildman–Crippen MR) is 62.9 cm³/mol. The lowest BCUT2D eigenvalue weighted by molar-refractivity contribution is 0.118. The van der Waals surface area contributed by atoms with Gasteiger partial charge in [0, 0.05) is 19.1 Å². The fourth-order valence-corrected chi connectivity index (χ4v) is 2.88. The van der Waals surface area contributed by atoms with Crippen LogP contribution in [0.3, 0.4) is 0 Å². The van der Waals surface area contributed by atoms with E-state index in [1.807, 2.05) is 4.90 Å². The molecule has 0 bridgehead atoms. The van der Waals surface area contributed by atoms with Gasteiger partial charge in [-0.2, -0.15) is 0 Å². The first-order valence-electron chi connectivity index (χ1n) is 5.78. The third kappa shape index (κ3) is 2.86. The largest absolute Gasteiger partial charge is 0.341 e. The molecule has 1 heterocycles. The van der Waals surface area contributed by atoms with Crippen LogP contribution in [0.4, 0.5) is 4.79 Å². The summed E-state index contributed by atoms with van der Waals surface area (Å²) in [4.78, 5) is 13.7. The van der Waals surface area contributed by atoms with Crippen LogP contribution in [0.1, 0.15) is 47.0 Å². The Labute approximate surface area is 93.2 Å². The lowest BCUT2D eigenvalue weighted by atomic mass is 9.78. The van der Waals surface area contributed by atoms with Crippen LogP contribution in [0.5, 0.6) is 0 Å². The Balaban J connectivity index is 2.86. The van der Waals surface area contributed by atoms with Crippen molar-refractivity contribution in [3.63, 3.8) is 0 Å². The molecule has 1 aliphatic rings. The summed E-state index contributed by atoms with van der Waals surface area (Å²) in [5, 5.41) is 2.73. The Morgan fingerprint density at radius 3 is 2.40 bits per heavy atom. The van der Waals surface area contributed by atoms with Crippen LogP contribution in [0, 0.1) is 5.41 Å². The minimum absolute atomic E-state index is 0.0416. The molecule has 0 spiro atoms. The molecular weight excluding hydrogens is 188 g/mol. The zero-order valence-corrected chi connectivity index (χ0v) is 10.7. The lowest BCUT2D eigenvalue weighted by Gasteiger charge is -2.39. The van der Waals surface area contributed by atoms with Crippen molar-refractivity contribution in [2.75, 3.05) is 13.6 Å². The van der Waals surface area contributed by atoms with Crippen LogP contribution in [0.2, 0.25) is 0 Å². The molecule has 0 aromatic rings. The maximum atomic E-state index is 11.8. The molecule has 15 heavy (non-hydrogen) atoms. The summed E-state index contributed by atoms with van der Waals surface area (Å²) in [7, 11) is 1.70. The van der Waals surface area contributed by atoms with Crippen molar-refractivity contribution in [1.82, 2.24) is 10.2 Å². The highest BCUT2D eigenvalue weighted by Gasteiger charge is 2.38. The minimum Gasteiger partial charge on any atom is -0.341 e. The Kier molecular flexibility index (Phi) is 3.31. The summed E-state index contributed by atoms with van der Waals surface area (Å²) in [5.41, 5.74) is 0.298. The zero-order valence-electron chi connectivity index (χ0n) is 10.7. The monoisotopic (exact) mass is 212 g/mol. The van der Waals surface area contributed by atoms with E-state index in [2.05, 4.69) is 33.0 Å². The van der Waals surface area contributed by atoms with Gasteiger partial charge in [-0.1, -0.05) is 13.8 Å². The van der Waals surface area contributed by atoms with E-state index < -0.39 is 0 Å². The molecule has 0 aliphatic carbocycles. The molecule has 3 nitrogen and oxygen atoms in total. The van der Waals surface area contributed by atoms with Gasteiger partial charge in [-0.3, -0.25) is 0 Å². The van der Waals surface area contributed by atoms with Crippen molar-refractivity contribution in [2.24, 2.45) is 5.41 Å². The highest BCUT2D eigenvalue weighted by Crippen LogP contribution is 2.38. The second kappa shape index (κ2) is 4.03. The molecule has 1 rings (SSSR count). The van der Waals surface area contributed by atoms with Gasteiger partial charge in [0.1, 0.15) is 0 Å².